The third-order valence-electron chi connectivity index (χ3n) is 6.13. The second-order valence-corrected chi connectivity index (χ2v) is 8.01. The molecule has 2 fully saturated rings. The van der Waals surface area contributed by atoms with Crippen LogP contribution in [-0.4, -0.2) is 71.4 Å². The number of methoxy groups -OCH3 is 1. The first-order valence-electron chi connectivity index (χ1n) is 10.6. The smallest absolute Gasteiger partial charge is 0.255 e. The molecule has 166 valence electrons. The molecule has 2 aromatic rings. The third-order valence-corrected chi connectivity index (χ3v) is 6.13. The predicted molar refractivity (Wildman–Crippen MR) is 112 cm³/mol. The molecule has 3 heterocycles. The lowest BCUT2D eigenvalue weighted by Gasteiger charge is -2.52. The van der Waals surface area contributed by atoms with Crippen LogP contribution in [0.25, 0.3) is 0 Å². The van der Waals surface area contributed by atoms with E-state index in [1.165, 1.54) is 6.07 Å². The van der Waals surface area contributed by atoms with Crippen LogP contribution in [-0.2, 0) is 20.8 Å². The van der Waals surface area contributed by atoms with Gasteiger partial charge >= 0.3 is 0 Å². The van der Waals surface area contributed by atoms with Crippen LogP contribution >= 0.6 is 0 Å². The van der Waals surface area contributed by atoms with Gasteiger partial charge in [0.15, 0.2) is 17.7 Å². The number of phenols is 1. The number of hydrogen-bond acceptors (Lipinski definition) is 6. The minimum atomic E-state index is -0.599. The standard InChI is InChI=1S/C23H28FN3O4/c1-30-13-14-31-22-20(16-5-9-25-10-6-16)27(23(22)29)18-7-11-26(12-8-18)15-17-3-2-4-19(24)21(17)28/h2-6,9-10,18,20,22,28H,7-8,11-15H2,1H3/t20-,22+/m0/s1. The number of piperidine rings is 1. The summed E-state index contributed by atoms with van der Waals surface area (Å²) in [5.74, 6) is -0.867. The average molecular weight is 429 g/mol. The maximum absolute atomic E-state index is 13.6. The molecule has 7 nitrogen and oxygen atoms in total. The Labute approximate surface area is 181 Å². The van der Waals surface area contributed by atoms with Gasteiger partial charge in [0.2, 0.25) is 0 Å². The van der Waals surface area contributed by atoms with Gasteiger partial charge in [0, 0.05) is 50.7 Å². The summed E-state index contributed by atoms with van der Waals surface area (Å²) in [5, 5.41) is 9.95. The Bertz CT molecular complexity index is 890. The van der Waals surface area contributed by atoms with Crippen molar-refractivity contribution in [1.29, 1.82) is 0 Å². The van der Waals surface area contributed by atoms with Crippen molar-refractivity contribution >= 4 is 5.91 Å². The van der Waals surface area contributed by atoms with Gasteiger partial charge in [0.05, 0.1) is 19.3 Å². The Kier molecular flexibility index (Phi) is 6.80. The second kappa shape index (κ2) is 9.72. The first-order chi connectivity index (χ1) is 15.1. The van der Waals surface area contributed by atoms with E-state index in [-0.39, 0.29) is 23.7 Å². The van der Waals surface area contributed by atoms with Crippen molar-refractivity contribution < 1.29 is 23.8 Å². The molecule has 0 radical (unpaired) electrons. The van der Waals surface area contributed by atoms with Crippen molar-refractivity contribution in [2.45, 2.75) is 37.6 Å². The summed E-state index contributed by atoms with van der Waals surface area (Å²) in [5.41, 5.74) is 1.60. The maximum Gasteiger partial charge on any atom is 0.255 e. The zero-order valence-corrected chi connectivity index (χ0v) is 17.6. The quantitative estimate of drug-likeness (QED) is 0.513. The van der Waals surface area contributed by atoms with Gasteiger partial charge in [-0.15, -0.1) is 0 Å². The van der Waals surface area contributed by atoms with Gasteiger partial charge in [-0.3, -0.25) is 14.7 Å². The second-order valence-electron chi connectivity index (χ2n) is 8.01. The number of aromatic hydroxyl groups is 1. The van der Waals surface area contributed by atoms with E-state index in [2.05, 4.69) is 9.88 Å². The normalized spacial score (nSPS) is 22.5. The first-order valence-corrected chi connectivity index (χ1v) is 10.6. The first kappa shape index (κ1) is 21.7. The number of aromatic nitrogens is 1. The van der Waals surface area contributed by atoms with Crippen molar-refractivity contribution in [3.05, 3.63) is 59.7 Å². The number of ether oxygens (including phenoxy) is 2. The number of nitrogens with zero attached hydrogens (tertiary/aromatic N) is 3. The number of benzene rings is 1. The Balaban J connectivity index is 1.40. The van der Waals surface area contributed by atoms with E-state index >= 15 is 0 Å². The van der Waals surface area contributed by atoms with E-state index < -0.39 is 11.9 Å². The van der Waals surface area contributed by atoms with Crippen molar-refractivity contribution in [3.63, 3.8) is 0 Å². The fourth-order valence-electron chi connectivity index (χ4n) is 4.49. The molecule has 2 aliphatic rings. The van der Waals surface area contributed by atoms with Gasteiger partial charge < -0.3 is 19.5 Å². The highest BCUT2D eigenvalue weighted by molar-refractivity contribution is 5.89. The van der Waals surface area contributed by atoms with Gasteiger partial charge in [-0.2, -0.15) is 0 Å². The third kappa shape index (κ3) is 4.56. The molecule has 1 N–H and O–H groups in total. The molecule has 8 heteroatoms. The highest BCUT2D eigenvalue weighted by Gasteiger charge is 2.52. The van der Waals surface area contributed by atoms with Crippen LogP contribution in [0.5, 0.6) is 5.75 Å². The minimum absolute atomic E-state index is 0.0131. The summed E-state index contributed by atoms with van der Waals surface area (Å²) in [6.45, 7) is 2.84. The molecule has 4 rings (SSSR count). The van der Waals surface area contributed by atoms with Crippen LogP contribution in [0.15, 0.2) is 42.7 Å². The van der Waals surface area contributed by atoms with E-state index in [0.29, 0.717) is 25.3 Å². The number of carbonyl (C=O) groups excluding carboxylic acids is 1. The summed E-state index contributed by atoms with van der Waals surface area (Å²) in [4.78, 5) is 21.2. The SMILES string of the molecule is COCCO[C@H]1C(=O)N(C2CCN(Cc3cccc(F)c3O)CC2)[C@H]1c1ccncc1. The number of halogens is 1. The lowest BCUT2D eigenvalue weighted by molar-refractivity contribution is -0.184. The minimum Gasteiger partial charge on any atom is -0.505 e. The molecule has 2 saturated heterocycles. The van der Waals surface area contributed by atoms with Crippen LogP contribution in [0, 0.1) is 5.82 Å². The summed E-state index contributed by atoms with van der Waals surface area (Å²) >= 11 is 0. The predicted octanol–water partition coefficient (Wildman–Crippen LogP) is 2.51. The maximum atomic E-state index is 13.6. The molecule has 1 aromatic carbocycles. The number of hydrogen-bond donors (Lipinski definition) is 1. The Morgan fingerprint density at radius 1 is 1.16 bits per heavy atom. The van der Waals surface area contributed by atoms with E-state index in [0.717, 1.165) is 31.5 Å². The number of phenolic OH excluding ortho intramolecular Hbond substituents is 1. The van der Waals surface area contributed by atoms with Crippen molar-refractivity contribution in [2.75, 3.05) is 33.4 Å². The van der Waals surface area contributed by atoms with Gasteiger partial charge in [-0.25, -0.2) is 4.39 Å². The number of pyridine rings is 1. The van der Waals surface area contributed by atoms with E-state index in [9.17, 15) is 14.3 Å². The average Bonchev–Trinajstić information content (AvgIpc) is 2.79. The molecular weight excluding hydrogens is 401 g/mol. The number of amides is 1. The Morgan fingerprint density at radius 2 is 1.90 bits per heavy atom. The molecule has 2 aliphatic heterocycles. The molecule has 0 saturated carbocycles. The van der Waals surface area contributed by atoms with Crippen LogP contribution in [0.4, 0.5) is 4.39 Å². The fourth-order valence-corrected chi connectivity index (χ4v) is 4.49. The lowest BCUT2D eigenvalue weighted by Crippen LogP contribution is -2.64. The van der Waals surface area contributed by atoms with Gasteiger partial charge in [-0.05, 0) is 36.6 Å². The zero-order valence-electron chi connectivity index (χ0n) is 17.6. The van der Waals surface area contributed by atoms with E-state index in [1.54, 1.807) is 31.6 Å². The molecule has 1 aromatic heterocycles. The lowest BCUT2D eigenvalue weighted by atomic mass is 9.86. The molecule has 31 heavy (non-hydrogen) atoms. The van der Waals surface area contributed by atoms with Gasteiger partial charge in [0.1, 0.15) is 0 Å². The van der Waals surface area contributed by atoms with E-state index in [4.69, 9.17) is 9.47 Å². The van der Waals surface area contributed by atoms with Gasteiger partial charge in [0.25, 0.3) is 5.91 Å². The highest BCUT2D eigenvalue weighted by Crippen LogP contribution is 2.41. The molecule has 2 atom stereocenters. The summed E-state index contributed by atoms with van der Waals surface area (Å²) in [6.07, 6.45) is 4.59. The van der Waals surface area contributed by atoms with Crippen LogP contribution < -0.4 is 0 Å². The summed E-state index contributed by atoms with van der Waals surface area (Å²) < 4.78 is 24.5. The molecule has 0 aliphatic carbocycles. The monoisotopic (exact) mass is 429 g/mol. The van der Waals surface area contributed by atoms with E-state index in [1.807, 2.05) is 17.0 Å². The number of rotatable bonds is 8. The number of likely N-dealkylation sites (tertiary alicyclic amines) is 2. The molecule has 0 unspecified atom stereocenters. The number of carbonyl (C=O) groups is 1. The number of β-lactam (4-membered cyclic amide) rings is 1. The molecule has 0 bridgehead atoms. The van der Waals surface area contributed by atoms with Crippen molar-refractivity contribution in [3.8, 4) is 5.75 Å². The Hall–Kier alpha value is -2.55. The highest BCUT2D eigenvalue weighted by atomic mass is 19.1. The van der Waals surface area contributed by atoms with Crippen molar-refractivity contribution in [2.24, 2.45) is 0 Å². The van der Waals surface area contributed by atoms with Crippen LogP contribution in [0.3, 0.4) is 0 Å². The fraction of sp³-hybridized carbons (Fsp3) is 0.478. The molecular formula is C23H28FN3O4. The zero-order chi connectivity index (χ0) is 21.8. The summed E-state index contributed by atoms with van der Waals surface area (Å²) in [6, 6.07) is 8.45. The van der Waals surface area contributed by atoms with Gasteiger partial charge in [-0.1, -0.05) is 12.1 Å². The summed E-state index contributed by atoms with van der Waals surface area (Å²) in [7, 11) is 1.61. The number of para-hydroxylation sites is 1. The van der Waals surface area contributed by atoms with Crippen molar-refractivity contribution in [1.82, 2.24) is 14.8 Å². The molecule has 1 amide bonds. The topological polar surface area (TPSA) is 75.1 Å². The van der Waals surface area contributed by atoms with Crippen LogP contribution in [0.1, 0.15) is 30.0 Å². The Morgan fingerprint density at radius 3 is 2.61 bits per heavy atom. The largest absolute Gasteiger partial charge is 0.505 e. The van der Waals surface area contributed by atoms with Crippen LogP contribution in [0.2, 0.25) is 0 Å². The molecule has 0 spiro atoms.